The average molecular weight is 370 g/mol. The number of carbonyl (C=O) groups is 1. The highest BCUT2D eigenvalue weighted by atomic mass is 32.2. The van der Waals surface area contributed by atoms with Gasteiger partial charge in [-0.05, 0) is 43.2 Å². The number of aromatic nitrogens is 3. The minimum atomic E-state index is -3.44. The maximum absolute atomic E-state index is 12.9. The molecule has 2 heterocycles. The fraction of sp³-hybridized carbons (Fsp3) is 0.278. The van der Waals surface area contributed by atoms with Crippen LogP contribution in [0.3, 0.4) is 0 Å². The molecule has 8 heteroatoms. The van der Waals surface area contributed by atoms with E-state index in [1.54, 1.807) is 53.4 Å². The monoisotopic (exact) mass is 370 g/mol. The van der Waals surface area contributed by atoms with Crippen LogP contribution < -0.4 is 0 Å². The number of carbonyl (C=O) groups excluding carboxylic acids is 1. The van der Waals surface area contributed by atoms with E-state index < -0.39 is 9.84 Å². The van der Waals surface area contributed by atoms with Gasteiger partial charge in [-0.25, -0.2) is 8.42 Å². The molecule has 0 spiro atoms. The Morgan fingerprint density at radius 1 is 1.12 bits per heavy atom. The third kappa shape index (κ3) is 3.08. The predicted molar refractivity (Wildman–Crippen MR) is 96.4 cm³/mol. The molecule has 1 atom stereocenters. The van der Waals surface area contributed by atoms with Gasteiger partial charge in [-0.1, -0.05) is 18.2 Å². The van der Waals surface area contributed by atoms with Gasteiger partial charge < -0.3 is 4.90 Å². The van der Waals surface area contributed by atoms with Crippen molar-refractivity contribution in [3.63, 3.8) is 0 Å². The molecule has 26 heavy (non-hydrogen) atoms. The Hall–Kier alpha value is -2.74. The van der Waals surface area contributed by atoms with Gasteiger partial charge in [0.15, 0.2) is 9.84 Å². The quantitative estimate of drug-likeness (QED) is 0.758. The fourth-order valence-corrected chi connectivity index (χ4v) is 5.01. The standard InChI is InChI=1S/C18H18N4O3S/c23-18(13-8-9-16-17(11-13)20-21-19-16)22-10-4-5-14(22)12-26(24,25)15-6-2-1-3-7-15/h1-3,6-9,11,14H,4-5,10,12H2,(H,19,20,21). The molecular weight excluding hydrogens is 352 g/mol. The molecule has 1 saturated heterocycles. The molecule has 1 N–H and O–H groups in total. The van der Waals surface area contributed by atoms with Crippen LogP contribution in [0.5, 0.6) is 0 Å². The lowest BCUT2D eigenvalue weighted by molar-refractivity contribution is 0.0749. The van der Waals surface area contributed by atoms with Crippen molar-refractivity contribution in [2.24, 2.45) is 0 Å². The zero-order valence-corrected chi connectivity index (χ0v) is 14.8. The molecular formula is C18H18N4O3S. The van der Waals surface area contributed by atoms with Crippen molar-refractivity contribution in [1.29, 1.82) is 0 Å². The summed E-state index contributed by atoms with van der Waals surface area (Å²) in [6.45, 7) is 0.560. The molecule has 4 rings (SSSR count). The number of hydrogen-bond donors (Lipinski definition) is 1. The number of sulfone groups is 1. The second-order valence-electron chi connectivity index (χ2n) is 6.42. The molecule has 3 aromatic rings. The van der Waals surface area contributed by atoms with E-state index in [9.17, 15) is 13.2 Å². The van der Waals surface area contributed by atoms with Crippen molar-refractivity contribution >= 4 is 26.8 Å². The number of nitrogens with zero attached hydrogens (tertiary/aromatic N) is 3. The Labute approximate surface area is 150 Å². The van der Waals surface area contributed by atoms with Crippen LogP contribution in [-0.4, -0.2) is 53.0 Å². The summed E-state index contributed by atoms with van der Waals surface area (Å²) < 4.78 is 25.3. The van der Waals surface area contributed by atoms with E-state index in [4.69, 9.17) is 0 Å². The minimum absolute atomic E-state index is 0.0606. The summed E-state index contributed by atoms with van der Waals surface area (Å²) in [7, 11) is -3.44. The molecule has 0 saturated carbocycles. The zero-order valence-electron chi connectivity index (χ0n) is 14.0. The smallest absolute Gasteiger partial charge is 0.254 e. The van der Waals surface area contributed by atoms with Crippen LogP contribution in [0.25, 0.3) is 11.0 Å². The van der Waals surface area contributed by atoms with Gasteiger partial charge >= 0.3 is 0 Å². The topological polar surface area (TPSA) is 96.0 Å². The Morgan fingerprint density at radius 2 is 1.88 bits per heavy atom. The van der Waals surface area contributed by atoms with Crippen LogP contribution in [0.1, 0.15) is 23.2 Å². The van der Waals surface area contributed by atoms with E-state index in [-0.39, 0.29) is 17.7 Å². The number of benzene rings is 2. The number of amides is 1. The second-order valence-corrected chi connectivity index (χ2v) is 8.45. The maximum atomic E-state index is 12.9. The molecule has 134 valence electrons. The van der Waals surface area contributed by atoms with Gasteiger partial charge in [-0.15, -0.1) is 0 Å². The molecule has 1 fully saturated rings. The van der Waals surface area contributed by atoms with Gasteiger partial charge in [0.05, 0.1) is 10.6 Å². The third-order valence-corrected chi connectivity index (χ3v) is 6.53. The van der Waals surface area contributed by atoms with Crippen molar-refractivity contribution < 1.29 is 13.2 Å². The molecule has 1 aromatic heterocycles. The van der Waals surface area contributed by atoms with Crippen molar-refractivity contribution in [1.82, 2.24) is 20.3 Å². The Balaban J connectivity index is 1.57. The summed E-state index contributed by atoms with van der Waals surface area (Å²) >= 11 is 0. The number of hydrogen-bond acceptors (Lipinski definition) is 5. The summed E-state index contributed by atoms with van der Waals surface area (Å²) in [5.41, 5.74) is 1.80. The number of aromatic amines is 1. The molecule has 0 bridgehead atoms. The first kappa shape index (κ1) is 16.7. The van der Waals surface area contributed by atoms with Crippen LogP contribution in [0.15, 0.2) is 53.4 Å². The Bertz CT molecular complexity index is 1050. The Morgan fingerprint density at radius 3 is 2.69 bits per heavy atom. The maximum Gasteiger partial charge on any atom is 0.254 e. The highest BCUT2D eigenvalue weighted by Gasteiger charge is 2.33. The van der Waals surface area contributed by atoms with Crippen molar-refractivity contribution in [2.75, 3.05) is 12.3 Å². The van der Waals surface area contributed by atoms with Crippen molar-refractivity contribution in [3.05, 3.63) is 54.1 Å². The summed E-state index contributed by atoms with van der Waals surface area (Å²) in [5.74, 6) is -0.227. The molecule has 0 aliphatic carbocycles. The van der Waals surface area contributed by atoms with Gasteiger partial charge in [0.2, 0.25) is 0 Å². The van der Waals surface area contributed by atoms with Crippen LogP contribution in [0, 0.1) is 0 Å². The van der Waals surface area contributed by atoms with Crippen LogP contribution in [-0.2, 0) is 9.84 Å². The van der Waals surface area contributed by atoms with Crippen LogP contribution >= 0.6 is 0 Å². The molecule has 1 amide bonds. The van der Waals surface area contributed by atoms with E-state index in [2.05, 4.69) is 15.4 Å². The lowest BCUT2D eigenvalue weighted by Gasteiger charge is -2.24. The number of nitrogens with one attached hydrogen (secondary N) is 1. The van der Waals surface area contributed by atoms with Crippen molar-refractivity contribution in [3.8, 4) is 0 Å². The normalized spacial score (nSPS) is 17.7. The second kappa shape index (κ2) is 6.53. The lowest BCUT2D eigenvalue weighted by atomic mass is 10.1. The van der Waals surface area contributed by atoms with Gasteiger partial charge in [0.25, 0.3) is 5.91 Å². The molecule has 1 aliphatic heterocycles. The van der Waals surface area contributed by atoms with Gasteiger partial charge in [-0.3, -0.25) is 4.79 Å². The highest BCUT2D eigenvalue weighted by Crippen LogP contribution is 2.24. The predicted octanol–water partition coefficient (Wildman–Crippen LogP) is 2.04. The largest absolute Gasteiger partial charge is 0.335 e. The third-order valence-electron chi connectivity index (χ3n) is 4.72. The molecule has 1 unspecified atom stereocenters. The first-order valence-corrected chi connectivity index (χ1v) is 10.1. The minimum Gasteiger partial charge on any atom is -0.335 e. The van der Waals surface area contributed by atoms with E-state index in [1.807, 2.05) is 0 Å². The number of likely N-dealkylation sites (tertiary alicyclic amines) is 1. The van der Waals surface area contributed by atoms with E-state index in [0.29, 0.717) is 34.5 Å². The SMILES string of the molecule is O=C(c1ccc2n[nH]nc2c1)N1CCCC1CS(=O)(=O)c1ccccc1. The Kier molecular flexibility index (Phi) is 4.20. The summed E-state index contributed by atoms with van der Waals surface area (Å²) in [4.78, 5) is 14.9. The summed E-state index contributed by atoms with van der Waals surface area (Å²) in [6.07, 6.45) is 1.48. The number of fused-ring (bicyclic) bond motifs is 1. The van der Waals surface area contributed by atoms with Crippen LogP contribution in [0.4, 0.5) is 0 Å². The van der Waals surface area contributed by atoms with Crippen molar-refractivity contribution in [2.45, 2.75) is 23.8 Å². The fourth-order valence-electron chi connectivity index (χ4n) is 3.39. The van der Waals surface area contributed by atoms with E-state index in [1.165, 1.54) is 0 Å². The first-order chi connectivity index (χ1) is 12.5. The van der Waals surface area contributed by atoms with E-state index in [0.717, 1.165) is 6.42 Å². The van der Waals surface area contributed by atoms with Gasteiger partial charge in [0.1, 0.15) is 11.0 Å². The number of rotatable bonds is 4. The van der Waals surface area contributed by atoms with Gasteiger partial charge in [-0.2, -0.15) is 15.4 Å². The van der Waals surface area contributed by atoms with E-state index >= 15 is 0 Å². The van der Waals surface area contributed by atoms with Gasteiger partial charge in [0, 0.05) is 18.2 Å². The summed E-state index contributed by atoms with van der Waals surface area (Å²) in [6, 6.07) is 13.2. The molecule has 2 aromatic carbocycles. The molecule has 7 nitrogen and oxygen atoms in total. The zero-order chi connectivity index (χ0) is 18.1. The summed E-state index contributed by atoms with van der Waals surface area (Å²) in [5, 5.41) is 10.5. The number of H-pyrrole nitrogens is 1. The first-order valence-electron chi connectivity index (χ1n) is 8.44. The lowest BCUT2D eigenvalue weighted by Crippen LogP contribution is -2.39. The molecule has 1 aliphatic rings. The molecule has 0 radical (unpaired) electrons. The van der Waals surface area contributed by atoms with Crippen LogP contribution in [0.2, 0.25) is 0 Å². The highest BCUT2D eigenvalue weighted by molar-refractivity contribution is 7.91. The average Bonchev–Trinajstić information content (AvgIpc) is 3.30.